The molecule has 37 nitrogen and oxygen atoms in total. The summed E-state index contributed by atoms with van der Waals surface area (Å²) in [6, 6.07) is -5.60. The number of rotatable bonds is 48. The van der Waals surface area contributed by atoms with Gasteiger partial charge < -0.3 is 106 Å². The third-order valence-corrected chi connectivity index (χ3v) is 20.0. The number of nitrogens with one attached hydrogen (secondary N) is 12. The number of amides is 16. The molecule has 113 heavy (non-hydrogen) atoms. The standard InChI is InChI=1S/C75H123N19O18S/c1-43(2)36-53(68(104)83-46(7)62(79)98)89-65(101)50(24-13-16-30-76)86-63(99)47(8)84-69(105)54(37-44(3)4)90-66(102)51(25-14-17-31-77)87-64(100)48(9)85-70(106)55(38-45(5)6)91-67(103)52(26-15-18-32-78)88-71(107)56-27-19-34-93(56)73(109)58-29-21-35-94(58)72(108)57-28-20-33-92(57)61(97)41-81-59(95)39-80-60(96)40-82-75(111)112-42-113-74(110)49-22-11-10-12-23-49/h10-12,22-23,43-48,50-58H,13-21,24-42,76-78H2,1-9H3,(H2,79,98)(H,80,96)(H,81,95)(H,82,111)(H,83,104)(H,84,105)(H,85,106)(H,86,99)(H,87,100)(H,88,107)(H,89,101)(H,90,102)(H,91,103)/t46-,47-,48-,50-,51-,52-,53-,54-,55-,56-,57-,58-/m0/s1. The second kappa shape index (κ2) is 49.8. The Labute approximate surface area is 665 Å². The van der Waals surface area contributed by atoms with Crippen molar-refractivity contribution in [2.45, 2.75) is 250 Å². The molecule has 38 heteroatoms. The van der Waals surface area contributed by atoms with Crippen LogP contribution in [0.2, 0.25) is 0 Å². The number of primary amides is 1. The second-order valence-electron chi connectivity index (χ2n) is 30.1. The van der Waals surface area contributed by atoms with Crippen LogP contribution in [-0.4, -0.2) is 252 Å². The summed E-state index contributed by atoms with van der Waals surface area (Å²) in [5.74, 6) is -11.2. The van der Waals surface area contributed by atoms with Gasteiger partial charge in [-0.15, -0.1) is 0 Å². The lowest BCUT2D eigenvalue weighted by atomic mass is 10.0. The maximum Gasteiger partial charge on any atom is 0.408 e. The van der Waals surface area contributed by atoms with Crippen LogP contribution in [0, 0.1) is 17.8 Å². The molecule has 12 atom stereocenters. The van der Waals surface area contributed by atoms with Crippen LogP contribution in [0.25, 0.3) is 0 Å². The molecular formula is C75H123N19O18S. The lowest BCUT2D eigenvalue weighted by Crippen LogP contribution is -2.60. The fraction of sp³-hybridized carbons (Fsp3) is 0.693. The minimum Gasteiger partial charge on any atom is -0.438 e. The quantitative estimate of drug-likeness (QED) is 0.0245. The molecule has 4 rings (SSSR count). The third-order valence-electron chi connectivity index (χ3n) is 19.2. The lowest BCUT2D eigenvalue weighted by molar-refractivity contribution is -0.150. The highest BCUT2D eigenvalue weighted by atomic mass is 32.2. The molecular weight excluding hydrogens is 1490 g/mol. The van der Waals surface area contributed by atoms with Crippen molar-refractivity contribution < 1.29 is 86.2 Å². The Morgan fingerprint density at radius 1 is 0.416 bits per heavy atom. The summed E-state index contributed by atoms with van der Waals surface area (Å²) < 4.78 is 4.93. The highest BCUT2D eigenvalue weighted by Crippen LogP contribution is 2.29. The molecule has 3 fully saturated rings. The summed E-state index contributed by atoms with van der Waals surface area (Å²) in [6.45, 7) is 14.7. The Kier molecular flexibility index (Phi) is 42.3. The van der Waals surface area contributed by atoms with E-state index >= 15 is 0 Å². The van der Waals surface area contributed by atoms with E-state index in [1.165, 1.54) is 35.5 Å². The van der Waals surface area contributed by atoms with Gasteiger partial charge in [0.2, 0.25) is 93.7 Å². The minimum atomic E-state index is -1.32. The van der Waals surface area contributed by atoms with E-state index in [-0.39, 0.29) is 119 Å². The number of thioether (sulfide) groups is 1. The van der Waals surface area contributed by atoms with Crippen molar-refractivity contribution in [2.24, 2.45) is 40.7 Å². The summed E-state index contributed by atoms with van der Waals surface area (Å²) in [7, 11) is 0. The van der Waals surface area contributed by atoms with Crippen LogP contribution in [-0.2, 0) is 76.7 Å². The van der Waals surface area contributed by atoms with Gasteiger partial charge in [0, 0.05) is 25.2 Å². The molecule has 1 aromatic rings. The van der Waals surface area contributed by atoms with Crippen LogP contribution in [0.1, 0.15) is 188 Å². The molecule has 3 heterocycles. The Balaban J connectivity index is 1.37. The first-order valence-corrected chi connectivity index (χ1v) is 40.3. The fourth-order valence-electron chi connectivity index (χ4n) is 13.1. The van der Waals surface area contributed by atoms with Crippen LogP contribution in [0.15, 0.2) is 30.3 Å². The summed E-state index contributed by atoms with van der Waals surface area (Å²) in [5.41, 5.74) is 23.2. The normalized spacial score (nSPS) is 17.7. The molecule has 0 aliphatic carbocycles. The number of unbranched alkanes of at least 4 members (excludes halogenated alkanes) is 3. The van der Waals surface area contributed by atoms with E-state index in [0.29, 0.717) is 69.9 Å². The number of alkyl carbamates (subject to hydrolysis) is 1. The van der Waals surface area contributed by atoms with Gasteiger partial charge in [-0.25, -0.2) is 4.79 Å². The van der Waals surface area contributed by atoms with Gasteiger partial charge >= 0.3 is 6.09 Å². The molecule has 3 saturated heterocycles. The van der Waals surface area contributed by atoms with Gasteiger partial charge in [0.15, 0.2) is 0 Å². The van der Waals surface area contributed by atoms with Gasteiger partial charge in [-0.2, -0.15) is 0 Å². The Morgan fingerprint density at radius 3 is 1.19 bits per heavy atom. The van der Waals surface area contributed by atoms with Gasteiger partial charge in [0.05, 0.1) is 13.1 Å². The first-order valence-electron chi connectivity index (χ1n) is 39.3. The number of benzene rings is 1. The summed E-state index contributed by atoms with van der Waals surface area (Å²) in [5, 5.41) is 30.8. The molecule has 0 radical (unpaired) electrons. The van der Waals surface area contributed by atoms with Gasteiger partial charge in [0.1, 0.15) is 85.0 Å². The molecule has 0 aromatic heterocycles. The van der Waals surface area contributed by atoms with E-state index in [0.717, 1.165) is 11.8 Å². The zero-order valence-electron chi connectivity index (χ0n) is 66.8. The first kappa shape index (κ1) is 95.8. The van der Waals surface area contributed by atoms with Gasteiger partial charge in [-0.1, -0.05) is 71.9 Å². The molecule has 0 bridgehead atoms. The molecule has 3 aliphatic heterocycles. The molecule has 1 aromatic carbocycles. The largest absolute Gasteiger partial charge is 0.438 e. The second-order valence-corrected chi connectivity index (χ2v) is 31.0. The lowest BCUT2D eigenvalue weighted by Gasteiger charge is -2.34. The number of hydrogen-bond acceptors (Lipinski definition) is 22. The molecule has 16 amide bonds. The van der Waals surface area contributed by atoms with Crippen molar-refractivity contribution in [3.8, 4) is 0 Å². The molecule has 0 saturated carbocycles. The van der Waals surface area contributed by atoms with Crippen LogP contribution in [0.3, 0.4) is 0 Å². The van der Waals surface area contributed by atoms with Crippen molar-refractivity contribution in [3.63, 3.8) is 0 Å². The average molecular weight is 1610 g/mol. The molecule has 20 N–H and O–H groups in total. The van der Waals surface area contributed by atoms with E-state index in [4.69, 9.17) is 27.7 Å². The summed E-state index contributed by atoms with van der Waals surface area (Å²) in [4.78, 5) is 235. The van der Waals surface area contributed by atoms with E-state index < -0.39 is 187 Å². The van der Waals surface area contributed by atoms with Gasteiger partial charge in [-0.3, -0.25) is 76.7 Å². The predicted molar refractivity (Wildman–Crippen MR) is 419 cm³/mol. The van der Waals surface area contributed by atoms with Crippen molar-refractivity contribution in [1.29, 1.82) is 0 Å². The first-order chi connectivity index (χ1) is 53.6. The topological polar surface area (TPSA) is 558 Å². The smallest absolute Gasteiger partial charge is 0.408 e. The Morgan fingerprint density at radius 2 is 0.770 bits per heavy atom. The van der Waals surface area contributed by atoms with E-state index in [1.54, 1.807) is 44.2 Å². The van der Waals surface area contributed by atoms with E-state index in [1.807, 2.05) is 27.7 Å². The number of nitrogens with two attached hydrogens (primary N) is 4. The minimum absolute atomic E-state index is 0.0489. The Bertz CT molecular complexity index is 3410. The highest BCUT2D eigenvalue weighted by Gasteiger charge is 2.47. The number of hydrogen-bond donors (Lipinski definition) is 16. The Hall–Kier alpha value is -9.56. The summed E-state index contributed by atoms with van der Waals surface area (Å²) in [6.07, 6.45) is 4.20. The maximum atomic E-state index is 14.6. The van der Waals surface area contributed by atoms with E-state index in [2.05, 4.69) is 63.8 Å². The highest BCUT2D eigenvalue weighted by molar-refractivity contribution is 8.14. The number of carbonyl (C=O) groups is 17. The molecule has 3 aliphatic rings. The van der Waals surface area contributed by atoms with Crippen molar-refractivity contribution in [1.82, 2.24) is 78.5 Å². The average Bonchev–Trinajstić information content (AvgIpc) is 1.65. The SMILES string of the molecule is CC(C)C[C@H](NC(=O)[C@H](CCCCN)NC(=O)[C@H](C)NC(=O)[C@H](CC(C)C)NC(=O)[C@H](CCCCN)NC(=O)[C@H](C)NC(=O)[C@H](CC(C)C)NC(=O)[C@H](CCCCN)NC(=O)[C@@H]1CCCN1C(=O)[C@@H]1CCCN1C(=O)[C@@H]1CCCN1C(=O)CNC(=O)CNC(=O)CNC(=O)OCSC(=O)c1ccccc1)C(=O)N[C@@H](C)C(N)=O. The summed E-state index contributed by atoms with van der Waals surface area (Å²) >= 11 is 0.746. The van der Waals surface area contributed by atoms with Gasteiger partial charge in [0.25, 0.3) is 0 Å². The van der Waals surface area contributed by atoms with Crippen LogP contribution in [0.4, 0.5) is 4.79 Å². The van der Waals surface area contributed by atoms with Crippen LogP contribution >= 0.6 is 11.8 Å². The van der Waals surface area contributed by atoms with Crippen molar-refractivity contribution in [2.75, 3.05) is 64.8 Å². The number of carbonyl (C=O) groups excluding carboxylic acids is 17. The fourth-order valence-corrected chi connectivity index (χ4v) is 13.7. The van der Waals surface area contributed by atoms with Gasteiger partial charge in [-0.05, 0) is 185 Å². The third kappa shape index (κ3) is 33.2. The molecule has 0 spiro atoms. The molecule has 632 valence electrons. The van der Waals surface area contributed by atoms with Crippen molar-refractivity contribution in [3.05, 3.63) is 35.9 Å². The number of likely N-dealkylation sites (tertiary alicyclic amines) is 3. The van der Waals surface area contributed by atoms with E-state index in [9.17, 15) is 81.5 Å². The monoisotopic (exact) mass is 1610 g/mol. The maximum absolute atomic E-state index is 14.6. The zero-order valence-corrected chi connectivity index (χ0v) is 67.6. The van der Waals surface area contributed by atoms with Crippen LogP contribution in [0.5, 0.6) is 0 Å². The zero-order chi connectivity index (χ0) is 84.0. The van der Waals surface area contributed by atoms with Crippen LogP contribution < -0.4 is 86.7 Å². The number of ether oxygens (including phenoxy) is 1. The molecule has 0 unspecified atom stereocenters. The predicted octanol–water partition coefficient (Wildman–Crippen LogP) is -2.12. The van der Waals surface area contributed by atoms with Crippen molar-refractivity contribution >= 4 is 112 Å². The number of nitrogens with zero attached hydrogens (tertiary/aromatic N) is 3.